The lowest BCUT2D eigenvalue weighted by Crippen LogP contribution is -2.26. The van der Waals surface area contributed by atoms with E-state index in [9.17, 15) is 18.5 Å². The number of anilines is 1. The van der Waals surface area contributed by atoms with E-state index in [0.29, 0.717) is 13.0 Å². The van der Waals surface area contributed by atoms with Crippen LogP contribution in [0.15, 0.2) is 12.1 Å². The van der Waals surface area contributed by atoms with E-state index in [0.717, 1.165) is 12.5 Å². The topological polar surface area (TPSA) is 111 Å². The molecule has 0 amide bonds. The van der Waals surface area contributed by atoms with Crippen LogP contribution in [0.2, 0.25) is 5.15 Å². The van der Waals surface area contributed by atoms with E-state index in [1.54, 1.807) is 0 Å². The van der Waals surface area contributed by atoms with Crippen LogP contribution in [0.25, 0.3) is 0 Å². The molecule has 0 saturated carbocycles. The minimum Gasteiger partial charge on any atom is -0.377 e. The summed E-state index contributed by atoms with van der Waals surface area (Å²) in [5.74, 6) is -0.654. The van der Waals surface area contributed by atoms with E-state index >= 15 is 0 Å². The Bertz CT molecular complexity index is 615. The predicted octanol–water partition coefficient (Wildman–Crippen LogP) is 1.56. The lowest BCUT2D eigenvalue weighted by Gasteiger charge is -2.11. The Hall–Kier alpha value is -1.45. The molecule has 110 valence electrons. The van der Waals surface area contributed by atoms with Gasteiger partial charge in [-0.15, -0.1) is 0 Å². The zero-order chi connectivity index (χ0) is 14.8. The van der Waals surface area contributed by atoms with Gasteiger partial charge in [-0.05, 0) is 18.9 Å². The Labute approximate surface area is 120 Å². The van der Waals surface area contributed by atoms with E-state index in [1.165, 1.54) is 6.07 Å². The second-order valence-corrected chi connectivity index (χ2v) is 6.43. The fraction of sp³-hybridized carbons (Fsp3) is 0.500. The van der Waals surface area contributed by atoms with Gasteiger partial charge in [0.25, 0.3) is 0 Å². The molecule has 0 aliphatic carbocycles. The van der Waals surface area contributed by atoms with Gasteiger partial charge < -0.3 is 4.74 Å². The number of aromatic nitrogens is 1. The molecule has 1 aromatic rings. The number of nitro groups is 1. The molecular formula is C10H12ClN3O5S. The van der Waals surface area contributed by atoms with Crippen LogP contribution in [0, 0.1) is 10.1 Å². The van der Waals surface area contributed by atoms with Crippen molar-refractivity contribution in [3.8, 4) is 0 Å². The molecule has 2 heterocycles. The minimum atomic E-state index is -3.79. The number of hydrogen-bond acceptors (Lipinski definition) is 6. The molecule has 1 unspecified atom stereocenters. The maximum absolute atomic E-state index is 11.9. The Morgan fingerprint density at radius 1 is 1.55 bits per heavy atom. The third kappa shape index (κ3) is 3.78. The van der Waals surface area contributed by atoms with Gasteiger partial charge in [0.05, 0.1) is 16.8 Å². The number of sulfonamides is 1. The highest BCUT2D eigenvalue weighted by atomic mass is 35.5. The van der Waals surface area contributed by atoms with Crippen molar-refractivity contribution >= 4 is 33.1 Å². The van der Waals surface area contributed by atoms with Gasteiger partial charge in [0, 0.05) is 12.7 Å². The maximum atomic E-state index is 11.9. The highest BCUT2D eigenvalue weighted by Crippen LogP contribution is 2.25. The molecular weight excluding hydrogens is 310 g/mol. The Morgan fingerprint density at radius 2 is 2.30 bits per heavy atom. The minimum absolute atomic E-state index is 0.0367. The molecule has 2 rings (SSSR count). The van der Waals surface area contributed by atoms with Crippen molar-refractivity contribution in [2.45, 2.75) is 18.9 Å². The second kappa shape index (κ2) is 5.90. The number of pyridine rings is 1. The van der Waals surface area contributed by atoms with Gasteiger partial charge in [-0.3, -0.25) is 14.8 Å². The summed E-state index contributed by atoms with van der Waals surface area (Å²) in [6.07, 6.45) is 1.05. The number of nitrogens with one attached hydrogen (secondary N) is 1. The molecule has 0 bridgehead atoms. The van der Waals surface area contributed by atoms with Crippen LogP contribution in [0.1, 0.15) is 12.8 Å². The third-order valence-corrected chi connectivity index (χ3v) is 4.24. The van der Waals surface area contributed by atoms with E-state index in [2.05, 4.69) is 9.71 Å². The van der Waals surface area contributed by atoms with E-state index in [-0.39, 0.29) is 16.7 Å². The average Bonchev–Trinajstić information content (AvgIpc) is 2.79. The standard InChI is InChI=1S/C10H12ClN3O5S/c11-9-4-3-8(14(15)16)10(12-9)13-20(17,18)6-7-2-1-5-19-7/h3-4,7H,1-2,5-6H2,(H,12,13). The summed E-state index contributed by atoms with van der Waals surface area (Å²) >= 11 is 5.63. The van der Waals surface area contributed by atoms with E-state index < -0.39 is 26.7 Å². The smallest absolute Gasteiger partial charge is 0.312 e. The predicted molar refractivity (Wildman–Crippen MR) is 72.3 cm³/mol. The van der Waals surface area contributed by atoms with Gasteiger partial charge in [0.1, 0.15) is 5.15 Å². The molecule has 1 fully saturated rings. The zero-order valence-electron chi connectivity index (χ0n) is 10.3. The summed E-state index contributed by atoms with van der Waals surface area (Å²) in [5.41, 5.74) is -0.453. The summed E-state index contributed by atoms with van der Waals surface area (Å²) in [6.45, 7) is 0.524. The molecule has 0 spiro atoms. The SMILES string of the molecule is O=[N+]([O-])c1ccc(Cl)nc1NS(=O)(=O)CC1CCCO1. The van der Waals surface area contributed by atoms with Crippen LogP contribution in [0.3, 0.4) is 0 Å². The second-order valence-electron chi connectivity index (χ2n) is 4.28. The van der Waals surface area contributed by atoms with Crippen molar-refractivity contribution < 1.29 is 18.1 Å². The molecule has 1 saturated heterocycles. The summed E-state index contributed by atoms with van der Waals surface area (Å²) in [5, 5.41) is 10.8. The van der Waals surface area contributed by atoms with Crippen LogP contribution in [0.4, 0.5) is 11.5 Å². The van der Waals surface area contributed by atoms with Gasteiger partial charge in [0.15, 0.2) is 0 Å². The molecule has 20 heavy (non-hydrogen) atoms. The van der Waals surface area contributed by atoms with Crippen LogP contribution in [-0.4, -0.2) is 36.8 Å². The molecule has 10 heteroatoms. The highest BCUT2D eigenvalue weighted by molar-refractivity contribution is 7.92. The van der Waals surface area contributed by atoms with Crippen LogP contribution in [-0.2, 0) is 14.8 Å². The Balaban J connectivity index is 2.19. The lowest BCUT2D eigenvalue weighted by molar-refractivity contribution is -0.384. The number of rotatable bonds is 5. The van der Waals surface area contributed by atoms with Gasteiger partial charge in [-0.1, -0.05) is 11.6 Å². The molecule has 0 aromatic carbocycles. The van der Waals surface area contributed by atoms with E-state index in [1.807, 2.05) is 0 Å². The third-order valence-electron chi connectivity index (χ3n) is 2.72. The number of nitrogens with zero attached hydrogens (tertiary/aromatic N) is 2. The first-order valence-electron chi connectivity index (χ1n) is 5.80. The van der Waals surface area contributed by atoms with E-state index in [4.69, 9.17) is 16.3 Å². The zero-order valence-corrected chi connectivity index (χ0v) is 11.9. The molecule has 1 atom stereocenters. The summed E-state index contributed by atoms with van der Waals surface area (Å²) in [6, 6.07) is 2.32. The summed E-state index contributed by atoms with van der Waals surface area (Å²) in [7, 11) is -3.79. The summed E-state index contributed by atoms with van der Waals surface area (Å²) in [4.78, 5) is 13.7. The van der Waals surface area contributed by atoms with Crippen LogP contribution >= 0.6 is 11.6 Å². The normalized spacial score (nSPS) is 18.9. The molecule has 1 aliphatic heterocycles. The monoisotopic (exact) mass is 321 g/mol. The van der Waals surface area contributed by atoms with Gasteiger partial charge >= 0.3 is 5.69 Å². The van der Waals surface area contributed by atoms with Crippen LogP contribution < -0.4 is 4.72 Å². The number of ether oxygens (including phenoxy) is 1. The molecule has 0 radical (unpaired) electrons. The van der Waals surface area contributed by atoms with Crippen molar-refractivity contribution in [2.24, 2.45) is 0 Å². The van der Waals surface area contributed by atoms with Crippen LogP contribution in [0.5, 0.6) is 0 Å². The first-order chi connectivity index (χ1) is 9.37. The Morgan fingerprint density at radius 3 is 2.90 bits per heavy atom. The highest BCUT2D eigenvalue weighted by Gasteiger charge is 2.26. The number of hydrogen-bond donors (Lipinski definition) is 1. The van der Waals surface area contributed by atoms with Gasteiger partial charge in [-0.25, -0.2) is 13.4 Å². The number of halogens is 1. The first-order valence-corrected chi connectivity index (χ1v) is 7.83. The Kier molecular flexibility index (Phi) is 4.41. The van der Waals surface area contributed by atoms with Crippen molar-refractivity contribution in [3.63, 3.8) is 0 Å². The molecule has 8 nitrogen and oxygen atoms in total. The van der Waals surface area contributed by atoms with Crippen molar-refractivity contribution in [1.29, 1.82) is 0 Å². The average molecular weight is 322 g/mol. The van der Waals surface area contributed by atoms with Crippen molar-refractivity contribution in [1.82, 2.24) is 4.98 Å². The van der Waals surface area contributed by atoms with Crippen molar-refractivity contribution in [3.05, 3.63) is 27.4 Å². The first kappa shape index (κ1) is 14.9. The maximum Gasteiger partial charge on any atom is 0.312 e. The van der Waals surface area contributed by atoms with Crippen molar-refractivity contribution in [2.75, 3.05) is 17.1 Å². The van der Waals surface area contributed by atoms with Gasteiger partial charge in [-0.2, -0.15) is 0 Å². The fourth-order valence-corrected chi connectivity index (χ4v) is 3.29. The molecule has 1 aliphatic rings. The van der Waals surface area contributed by atoms with Gasteiger partial charge in [0.2, 0.25) is 15.8 Å². The fourth-order valence-electron chi connectivity index (χ4n) is 1.86. The summed E-state index contributed by atoms with van der Waals surface area (Å²) < 4.78 is 31.2. The molecule has 1 aromatic heterocycles. The quantitative estimate of drug-likeness (QED) is 0.500. The molecule has 1 N–H and O–H groups in total. The lowest BCUT2D eigenvalue weighted by atomic mass is 10.3. The largest absolute Gasteiger partial charge is 0.377 e.